The van der Waals surface area contributed by atoms with E-state index in [9.17, 15) is 0 Å². The van der Waals surface area contributed by atoms with Crippen LogP contribution in [0.1, 0.15) is 42.7 Å². The zero-order valence-corrected chi connectivity index (χ0v) is 12.3. The number of fused-ring (bicyclic) bond motifs is 2. The molecule has 1 aromatic rings. The molecule has 4 rings (SSSR count). The number of aromatic nitrogens is 1. The third kappa shape index (κ3) is 1.73. The molecule has 3 fully saturated rings. The molecule has 0 radical (unpaired) electrons. The second-order valence-corrected chi connectivity index (χ2v) is 7.34. The van der Waals surface area contributed by atoms with Crippen molar-refractivity contribution in [3.05, 3.63) is 16.1 Å². The van der Waals surface area contributed by atoms with Crippen LogP contribution in [0.25, 0.3) is 0 Å². The van der Waals surface area contributed by atoms with Gasteiger partial charge in [-0.3, -0.25) is 0 Å². The summed E-state index contributed by atoms with van der Waals surface area (Å²) in [6.07, 6.45) is 7.34. The van der Waals surface area contributed by atoms with E-state index in [1.165, 1.54) is 42.7 Å². The van der Waals surface area contributed by atoms with E-state index in [0.29, 0.717) is 17.6 Å². The molecule has 104 valence electrons. The first-order valence-corrected chi connectivity index (χ1v) is 8.43. The van der Waals surface area contributed by atoms with Crippen LogP contribution in [0.5, 0.6) is 0 Å². The van der Waals surface area contributed by atoms with E-state index in [4.69, 9.17) is 4.74 Å². The monoisotopic (exact) mass is 278 g/mol. The molecule has 1 N–H and O–H groups in total. The van der Waals surface area contributed by atoms with Gasteiger partial charge < -0.3 is 10.1 Å². The van der Waals surface area contributed by atoms with Gasteiger partial charge in [0.05, 0.1) is 17.3 Å². The van der Waals surface area contributed by atoms with Gasteiger partial charge in [-0.1, -0.05) is 12.8 Å². The van der Waals surface area contributed by atoms with Gasteiger partial charge >= 0.3 is 0 Å². The molecule has 3 nitrogen and oxygen atoms in total. The summed E-state index contributed by atoms with van der Waals surface area (Å²) in [7, 11) is 0. The van der Waals surface area contributed by atoms with Crippen LogP contribution in [0.15, 0.2) is 5.51 Å². The molecule has 3 aliphatic rings. The lowest BCUT2D eigenvalue weighted by molar-refractivity contribution is -0.130. The van der Waals surface area contributed by atoms with Crippen molar-refractivity contribution in [2.24, 2.45) is 11.3 Å². The maximum Gasteiger partial charge on any atom is 0.0798 e. The molecule has 1 unspecified atom stereocenters. The molecule has 1 saturated heterocycles. The van der Waals surface area contributed by atoms with Crippen molar-refractivity contribution in [1.82, 2.24) is 10.3 Å². The highest BCUT2D eigenvalue weighted by Gasteiger charge is 2.64. The Labute approximate surface area is 118 Å². The largest absolute Gasteiger partial charge is 0.377 e. The van der Waals surface area contributed by atoms with Crippen LogP contribution in [-0.2, 0) is 11.3 Å². The Hall–Kier alpha value is -0.450. The van der Waals surface area contributed by atoms with Gasteiger partial charge in [0.15, 0.2) is 0 Å². The Morgan fingerprint density at radius 1 is 1.47 bits per heavy atom. The van der Waals surface area contributed by atoms with E-state index in [0.717, 1.165) is 19.1 Å². The van der Waals surface area contributed by atoms with E-state index in [1.807, 2.05) is 5.51 Å². The molecule has 0 amide bonds. The lowest BCUT2D eigenvalue weighted by atomic mass is 9.54. The van der Waals surface area contributed by atoms with Crippen LogP contribution in [0.4, 0.5) is 0 Å². The first-order chi connectivity index (χ1) is 9.31. The summed E-state index contributed by atoms with van der Waals surface area (Å²) in [4.78, 5) is 5.75. The van der Waals surface area contributed by atoms with Crippen molar-refractivity contribution < 1.29 is 4.74 Å². The standard InChI is InChI=1S/C15H22N2OS/c1-10-12(19-9-17-10)8-16-13-11-4-7-18-14(11)15(13)5-2-3-6-15/h9,11,13-14,16H,2-8H2,1H3/t11-,13?,14-/m0/s1. The van der Waals surface area contributed by atoms with Crippen LogP contribution in [0, 0.1) is 18.3 Å². The van der Waals surface area contributed by atoms with Gasteiger partial charge in [0.25, 0.3) is 0 Å². The summed E-state index contributed by atoms with van der Waals surface area (Å²) in [5.41, 5.74) is 3.62. The predicted octanol–water partition coefficient (Wildman–Crippen LogP) is 2.89. The number of nitrogens with zero attached hydrogens (tertiary/aromatic N) is 1. The summed E-state index contributed by atoms with van der Waals surface area (Å²) >= 11 is 1.78. The fourth-order valence-electron chi connectivity index (χ4n) is 4.71. The minimum atomic E-state index is 0.472. The molecule has 1 spiro atoms. The van der Waals surface area contributed by atoms with Gasteiger partial charge in [-0.15, -0.1) is 11.3 Å². The minimum absolute atomic E-state index is 0.472. The number of nitrogens with one attached hydrogen (secondary N) is 1. The maximum atomic E-state index is 6.03. The molecule has 0 aromatic carbocycles. The highest BCUT2D eigenvalue weighted by Crippen LogP contribution is 2.60. The highest BCUT2D eigenvalue weighted by atomic mass is 32.1. The zero-order valence-electron chi connectivity index (χ0n) is 11.5. The van der Waals surface area contributed by atoms with Crippen molar-refractivity contribution in [3.63, 3.8) is 0 Å². The minimum Gasteiger partial charge on any atom is -0.377 e. The second-order valence-electron chi connectivity index (χ2n) is 6.40. The predicted molar refractivity (Wildman–Crippen MR) is 76.2 cm³/mol. The third-order valence-corrected chi connectivity index (χ3v) is 6.55. The summed E-state index contributed by atoms with van der Waals surface area (Å²) in [5.74, 6) is 0.770. The smallest absolute Gasteiger partial charge is 0.0798 e. The molecule has 1 aromatic heterocycles. The van der Waals surface area contributed by atoms with E-state index < -0.39 is 0 Å². The lowest BCUT2D eigenvalue weighted by Crippen LogP contribution is -2.67. The molecule has 19 heavy (non-hydrogen) atoms. The van der Waals surface area contributed by atoms with Crippen molar-refractivity contribution in [3.8, 4) is 0 Å². The van der Waals surface area contributed by atoms with Crippen LogP contribution < -0.4 is 5.32 Å². The topological polar surface area (TPSA) is 34.2 Å². The number of rotatable bonds is 3. The van der Waals surface area contributed by atoms with E-state index >= 15 is 0 Å². The van der Waals surface area contributed by atoms with Gasteiger partial charge in [0.2, 0.25) is 0 Å². The molecule has 3 atom stereocenters. The summed E-state index contributed by atoms with van der Waals surface area (Å²) in [6.45, 7) is 4.09. The Kier molecular flexibility index (Phi) is 2.94. The third-order valence-electron chi connectivity index (χ3n) is 5.61. The molecule has 2 heterocycles. The summed E-state index contributed by atoms with van der Waals surface area (Å²) < 4.78 is 6.03. The van der Waals surface area contributed by atoms with Crippen molar-refractivity contribution >= 4 is 11.3 Å². The molecule has 1 aliphatic heterocycles. The van der Waals surface area contributed by atoms with Crippen LogP contribution in [0.3, 0.4) is 0 Å². The van der Waals surface area contributed by atoms with E-state index in [1.54, 1.807) is 11.3 Å². The normalized spacial score (nSPS) is 35.5. The second kappa shape index (κ2) is 4.54. The first kappa shape index (κ1) is 12.3. The Bertz CT molecular complexity index is 466. The zero-order chi connectivity index (χ0) is 12.9. The van der Waals surface area contributed by atoms with E-state index in [2.05, 4.69) is 17.2 Å². The molecule has 2 saturated carbocycles. The molecule has 2 aliphatic carbocycles. The first-order valence-electron chi connectivity index (χ1n) is 7.55. The fraction of sp³-hybridized carbons (Fsp3) is 0.800. The number of thiazole rings is 1. The average molecular weight is 278 g/mol. The number of ether oxygens (including phenoxy) is 1. The number of hydrogen-bond acceptors (Lipinski definition) is 4. The Balaban J connectivity index is 1.49. The lowest BCUT2D eigenvalue weighted by Gasteiger charge is -2.57. The fourth-order valence-corrected chi connectivity index (χ4v) is 5.43. The molecule has 0 bridgehead atoms. The van der Waals surface area contributed by atoms with Crippen LogP contribution >= 0.6 is 11.3 Å². The maximum absolute atomic E-state index is 6.03. The van der Waals surface area contributed by atoms with Crippen LogP contribution in [-0.4, -0.2) is 23.7 Å². The quantitative estimate of drug-likeness (QED) is 0.923. The Morgan fingerprint density at radius 3 is 3.05 bits per heavy atom. The van der Waals surface area contributed by atoms with E-state index in [-0.39, 0.29) is 0 Å². The van der Waals surface area contributed by atoms with Crippen molar-refractivity contribution in [2.45, 2.75) is 57.7 Å². The van der Waals surface area contributed by atoms with Gasteiger partial charge in [-0.25, -0.2) is 4.98 Å². The van der Waals surface area contributed by atoms with Gasteiger partial charge in [-0.2, -0.15) is 0 Å². The van der Waals surface area contributed by atoms with Gasteiger partial charge in [0.1, 0.15) is 0 Å². The summed E-state index contributed by atoms with van der Waals surface area (Å²) in [6, 6.07) is 0.684. The Morgan fingerprint density at radius 2 is 2.32 bits per heavy atom. The SMILES string of the molecule is Cc1ncsc1CNC1[C@@H]2CCO[C@@H]2C12CCCC2. The highest BCUT2D eigenvalue weighted by molar-refractivity contribution is 7.09. The molecule has 4 heteroatoms. The average Bonchev–Trinajstić information content (AvgIpc) is 3.09. The number of hydrogen-bond donors (Lipinski definition) is 1. The number of aryl methyl sites for hydroxylation is 1. The van der Waals surface area contributed by atoms with Gasteiger partial charge in [-0.05, 0) is 26.2 Å². The summed E-state index contributed by atoms with van der Waals surface area (Å²) in [5, 5.41) is 3.86. The van der Waals surface area contributed by atoms with Gasteiger partial charge in [0, 0.05) is 35.4 Å². The van der Waals surface area contributed by atoms with Crippen molar-refractivity contribution in [2.75, 3.05) is 6.61 Å². The molecular formula is C15H22N2OS. The van der Waals surface area contributed by atoms with Crippen LogP contribution in [0.2, 0.25) is 0 Å². The molecular weight excluding hydrogens is 256 g/mol. The van der Waals surface area contributed by atoms with Crippen molar-refractivity contribution in [1.29, 1.82) is 0 Å².